The van der Waals surface area contributed by atoms with E-state index in [0.717, 1.165) is 11.1 Å². The summed E-state index contributed by atoms with van der Waals surface area (Å²) in [4.78, 5) is 45.2. The Kier molecular flexibility index (Phi) is 17.4. The van der Waals surface area contributed by atoms with E-state index in [-0.39, 0.29) is 69.4 Å². The lowest BCUT2D eigenvalue weighted by Crippen LogP contribution is -2.70. The second-order valence-corrected chi connectivity index (χ2v) is 17.5. The fourth-order valence-electron chi connectivity index (χ4n) is 9.91. The highest BCUT2D eigenvalue weighted by molar-refractivity contribution is 6.18. The zero-order valence-corrected chi connectivity index (χ0v) is 39.1. The molecule has 17 heteroatoms. The third kappa shape index (κ3) is 11.6. The van der Waals surface area contributed by atoms with E-state index < -0.39 is 40.5 Å². The highest BCUT2D eigenvalue weighted by atomic mass is 35.5. The highest BCUT2D eigenvalue weighted by Gasteiger charge is 2.65. The Balaban J connectivity index is 1.45. The van der Waals surface area contributed by atoms with Gasteiger partial charge in [0.15, 0.2) is 6.29 Å². The number of ether oxygens (including phenoxy) is 5. The first-order chi connectivity index (χ1) is 33.6. The third-order valence-corrected chi connectivity index (χ3v) is 13.1. The molecule has 69 heavy (non-hydrogen) atoms. The first-order valence-corrected chi connectivity index (χ1v) is 23.6. The molecule has 4 aromatic carbocycles. The molecule has 0 saturated heterocycles. The van der Waals surface area contributed by atoms with Crippen LogP contribution in [0.1, 0.15) is 77.9 Å². The molecule has 366 valence electrons. The fraction of sp³-hybridized carbons (Fsp3) is 0.404. The Morgan fingerprint density at radius 1 is 1.00 bits per heavy atom. The smallest absolute Gasteiger partial charge is 0.410 e. The highest BCUT2D eigenvalue weighted by Crippen LogP contribution is 2.62. The quantitative estimate of drug-likeness (QED) is 0.0169. The van der Waals surface area contributed by atoms with Crippen molar-refractivity contribution in [3.63, 3.8) is 0 Å². The van der Waals surface area contributed by atoms with Crippen LogP contribution in [0, 0.1) is 33.7 Å². The number of allylic oxidation sites excluding steroid dienone is 1. The maximum Gasteiger partial charge on any atom is 0.410 e. The Hall–Kier alpha value is -6.33. The van der Waals surface area contributed by atoms with Crippen LogP contribution in [0.3, 0.4) is 0 Å². The molecule has 1 amide bonds. The molecule has 1 saturated carbocycles. The van der Waals surface area contributed by atoms with Crippen LogP contribution in [0.25, 0.3) is 0 Å². The zero-order chi connectivity index (χ0) is 48.9. The van der Waals surface area contributed by atoms with Crippen LogP contribution in [0.15, 0.2) is 114 Å². The molecule has 1 fully saturated rings. The van der Waals surface area contributed by atoms with Crippen molar-refractivity contribution in [3.8, 4) is 23.0 Å². The molecule has 1 aliphatic heterocycles. The van der Waals surface area contributed by atoms with Gasteiger partial charge in [0.2, 0.25) is 5.79 Å². The summed E-state index contributed by atoms with van der Waals surface area (Å²) in [5.41, 5.74) is 3.49. The van der Waals surface area contributed by atoms with Gasteiger partial charge in [-0.25, -0.2) is 9.18 Å². The maximum atomic E-state index is 14.6. The molecule has 15 nitrogen and oxygen atoms in total. The molecule has 4 aromatic rings. The number of amides is 1. The number of rotatable bonds is 24. The lowest BCUT2D eigenvalue weighted by Gasteiger charge is -2.59. The van der Waals surface area contributed by atoms with E-state index in [1.165, 1.54) is 36.3 Å². The number of aliphatic hydroxyl groups excluding tert-OH is 2. The van der Waals surface area contributed by atoms with Gasteiger partial charge < -0.3 is 38.7 Å². The van der Waals surface area contributed by atoms with Crippen molar-refractivity contribution in [2.24, 2.45) is 22.9 Å². The number of nitrogens with zero attached hydrogens (tertiary/aromatic N) is 3. The van der Waals surface area contributed by atoms with Gasteiger partial charge in [-0.2, -0.15) is 0 Å². The predicted molar refractivity (Wildman–Crippen MR) is 255 cm³/mol. The number of fused-ring (bicyclic) bond motifs is 2. The second kappa shape index (κ2) is 23.8. The van der Waals surface area contributed by atoms with Crippen LogP contribution >= 0.6 is 11.6 Å². The molecule has 0 radical (unpaired) electrons. The van der Waals surface area contributed by atoms with Gasteiger partial charge in [0.25, 0.3) is 5.69 Å². The number of hydrogen-bond acceptors (Lipinski definition) is 13. The van der Waals surface area contributed by atoms with Crippen molar-refractivity contribution in [1.82, 2.24) is 4.90 Å². The minimum atomic E-state index is -1.66. The molecule has 0 bridgehead atoms. The summed E-state index contributed by atoms with van der Waals surface area (Å²) in [7, 11) is 1.48. The number of aliphatic hydroxyl groups is 2. The van der Waals surface area contributed by atoms with Gasteiger partial charge in [0.05, 0.1) is 41.7 Å². The van der Waals surface area contributed by atoms with Gasteiger partial charge >= 0.3 is 6.09 Å². The van der Waals surface area contributed by atoms with Gasteiger partial charge in [-0.1, -0.05) is 42.3 Å². The molecule has 7 rings (SSSR count). The molecule has 2 aliphatic carbocycles. The standard InChI is InChI=1S/C52H57ClFN3O12/c1-3-25-66-52-48(56(51(61)65-26-22-53)31-34-10-14-38(54)15-11-34)30-45(55-67-33-35-12-16-39(17-13-35)57(62)63)43-28-36(8-4-6-23-58)42(9-5-7-24-59)49(50(43)52)44-29-41(19-21-47(44)69-52)68-40-18-20-46(64-2)37(27-40)32-60/h3,10-21,27-29,32,36,42,48-50,58-59H,1,4-9,22-26,30-31,33H2,2H3/t36-,42+,48-,49+,50+,52+/m0/s1. The van der Waals surface area contributed by atoms with Crippen LogP contribution in [0.2, 0.25) is 0 Å². The molecule has 1 heterocycles. The number of methoxy groups -OCH3 is 1. The van der Waals surface area contributed by atoms with Crippen molar-refractivity contribution in [1.29, 1.82) is 0 Å². The molecule has 2 N–H and O–H groups in total. The van der Waals surface area contributed by atoms with Gasteiger partial charge in [-0.15, -0.1) is 18.2 Å². The molecule has 3 aliphatic rings. The van der Waals surface area contributed by atoms with Gasteiger partial charge in [0, 0.05) is 49.8 Å². The van der Waals surface area contributed by atoms with E-state index in [4.69, 9.17) is 45.3 Å². The normalized spacial score (nSPS) is 21.7. The van der Waals surface area contributed by atoms with Crippen molar-refractivity contribution in [3.05, 3.63) is 147 Å². The molecule has 0 unspecified atom stereocenters. The summed E-state index contributed by atoms with van der Waals surface area (Å²) in [6.07, 6.45) is 7.69. The number of hydrogen-bond donors (Lipinski definition) is 2. The number of unbranched alkanes of at least 4 members (excludes halogenated alkanes) is 2. The van der Waals surface area contributed by atoms with Crippen LogP contribution < -0.4 is 14.2 Å². The van der Waals surface area contributed by atoms with Crippen LogP contribution in [-0.2, 0) is 27.5 Å². The Morgan fingerprint density at radius 2 is 1.71 bits per heavy atom. The zero-order valence-electron chi connectivity index (χ0n) is 38.4. The maximum absolute atomic E-state index is 14.6. The van der Waals surface area contributed by atoms with E-state index in [1.807, 2.05) is 6.07 Å². The number of benzene rings is 4. The number of nitro groups is 1. The van der Waals surface area contributed by atoms with E-state index >= 15 is 0 Å². The van der Waals surface area contributed by atoms with Gasteiger partial charge in [0.1, 0.15) is 48.1 Å². The second-order valence-electron chi connectivity index (χ2n) is 17.2. The van der Waals surface area contributed by atoms with Crippen LogP contribution in [0.4, 0.5) is 14.9 Å². The van der Waals surface area contributed by atoms with Gasteiger partial charge in [-0.05, 0) is 115 Å². The number of alkyl halides is 1. The number of oxime groups is 1. The minimum absolute atomic E-state index is 0.000466. The van der Waals surface area contributed by atoms with Crippen molar-refractivity contribution < 1.29 is 57.6 Å². The van der Waals surface area contributed by atoms with Crippen molar-refractivity contribution >= 4 is 35.4 Å². The van der Waals surface area contributed by atoms with E-state index in [0.29, 0.717) is 90.2 Å². The molecular formula is C52H57ClFN3O12. The Bertz CT molecular complexity index is 2490. The lowest BCUT2D eigenvalue weighted by atomic mass is 9.55. The Morgan fingerprint density at radius 3 is 2.39 bits per heavy atom. The van der Waals surface area contributed by atoms with E-state index in [1.54, 1.807) is 60.7 Å². The summed E-state index contributed by atoms with van der Waals surface area (Å²) in [5, 5.41) is 36.2. The van der Waals surface area contributed by atoms with E-state index in [2.05, 4.69) is 12.7 Å². The number of aldehydes is 1. The number of carbonyl (C=O) groups is 2. The lowest BCUT2D eigenvalue weighted by molar-refractivity contribution is -0.384. The van der Waals surface area contributed by atoms with Crippen molar-refractivity contribution in [2.75, 3.05) is 39.4 Å². The number of non-ortho nitro benzene ring substituents is 1. The molecule has 0 spiro atoms. The topological polar surface area (TPSA) is 189 Å². The number of carbonyl (C=O) groups excluding carboxylic acids is 2. The average Bonchev–Trinajstić information content (AvgIpc) is 3.36. The van der Waals surface area contributed by atoms with Crippen molar-refractivity contribution in [2.45, 2.75) is 75.8 Å². The summed E-state index contributed by atoms with van der Waals surface area (Å²) in [6.45, 7) is 3.80. The summed E-state index contributed by atoms with van der Waals surface area (Å²) in [6, 6.07) is 21.2. The van der Waals surface area contributed by atoms with Crippen LogP contribution in [-0.4, -0.2) is 89.4 Å². The van der Waals surface area contributed by atoms with E-state index in [9.17, 15) is 34.3 Å². The summed E-state index contributed by atoms with van der Waals surface area (Å²) < 4.78 is 46.3. The number of halogens is 2. The monoisotopic (exact) mass is 969 g/mol. The first kappa shape index (κ1) is 50.5. The SMILES string of the molecule is C=CCO[C@@]12Oc3ccc(Oc4ccc(OC)c(C=O)c4)cc3[C@H]3[C@H](CCCCO)[C@@H](CCCCO)C=C(C(=NOCc4ccc([N+](=O)[O-])cc4)C[C@@H]1N(Cc1ccc(F)cc1)C(=O)OCCCl)[C@H]32. The number of nitro benzene ring substituents is 1. The molecule has 6 atom stereocenters. The molecular weight excluding hydrogens is 913 g/mol. The third-order valence-electron chi connectivity index (χ3n) is 12.9. The average molecular weight is 970 g/mol. The Labute approximate surface area is 405 Å². The first-order valence-electron chi connectivity index (χ1n) is 23.1. The van der Waals surface area contributed by atoms with Gasteiger partial charge in [-0.3, -0.25) is 19.8 Å². The summed E-state index contributed by atoms with van der Waals surface area (Å²) in [5.74, 6) is -1.70. The summed E-state index contributed by atoms with van der Waals surface area (Å²) >= 11 is 6.08. The fourth-order valence-corrected chi connectivity index (χ4v) is 9.99. The van der Waals surface area contributed by atoms with Crippen LogP contribution in [0.5, 0.6) is 23.0 Å². The predicted octanol–water partition coefficient (Wildman–Crippen LogP) is 10.1. The minimum Gasteiger partial charge on any atom is -0.496 e. The molecule has 0 aromatic heterocycles. The largest absolute Gasteiger partial charge is 0.496 e.